The summed E-state index contributed by atoms with van der Waals surface area (Å²) in [5, 5.41) is 9.92. The number of thiazole rings is 1. The van der Waals surface area contributed by atoms with Gasteiger partial charge in [0, 0.05) is 22.9 Å². The van der Waals surface area contributed by atoms with Crippen molar-refractivity contribution >= 4 is 41.3 Å². The van der Waals surface area contributed by atoms with Crippen molar-refractivity contribution in [2.45, 2.75) is 53.1 Å². The van der Waals surface area contributed by atoms with Crippen LogP contribution in [-0.2, 0) is 18.5 Å². The zero-order valence-corrected chi connectivity index (χ0v) is 20.0. The van der Waals surface area contributed by atoms with Gasteiger partial charge in [0.05, 0.1) is 30.4 Å². The van der Waals surface area contributed by atoms with Crippen molar-refractivity contribution in [3.8, 4) is 5.75 Å². The number of aromatic nitrogens is 1. The Labute approximate surface area is 184 Å². The van der Waals surface area contributed by atoms with Gasteiger partial charge in [-0.3, -0.25) is 0 Å². The van der Waals surface area contributed by atoms with E-state index in [1.54, 1.807) is 11.3 Å². The van der Waals surface area contributed by atoms with Gasteiger partial charge in [0.25, 0.3) is 0 Å². The number of hydrogen-bond donors (Lipinski definition) is 2. The van der Waals surface area contributed by atoms with E-state index in [0.717, 1.165) is 34.5 Å². The normalized spacial score (nSPS) is 11.7. The number of para-hydroxylation sites is 1. The summed E-state index contributed by atoms with van der Waals surface area (Å²) in [7, 11) is 0. The molecule has 0 saturated heterocycles. The fourth-order valence-corrected chi connectivity index (χ4v) is 3.25. The van der Waals surface area contributed by atoms with E-state index < -0.39 is 0 Å². The molecule has 0 aliphatic heterocycles. The number of halogens is 1. The molecule has 0 radical (unpaired) electrons. The number of guanidine groups is 1. The van der Waals surface area contributed by atoms with Crippen LogP contribution in [0.5, 0.6) is 5.75 Å². The first-order valence-corrected chi connectivity index (χ1v) is 9.99. The Hall–Kier alpha value is -1.35. The highest BCUT2D eigenvalue weighted by atomic mass is 127. The Bertz CT molecular complexity index is 725. The number of rotatable bonds is 7. The van der Waals surface area contributed by atoms with E-state index >= 15 is 0 Å². The predicted octanol–water partition coefficient (Wildman–Crippen LogP) is 4.71. The van der Waals surface area contributed by atoms with Gasteiger partial charge in [0.2, 0.25) is 0 Å². The Morgan fingerprint density at radius 2 is 1.93 bits per heavy atom. The zero-order valence-electron chi connectivity index (χ0n) is 16.8. The first-order valence-electron chi connectivity index (χ1n) is 9.11. The molecule has 1 heterocycles. The number of nitrogens with one attached hydrogen (secondary N) is 2. The average Bonchev–Trinajstić information content (AvgIpc) is 3.08. The Morgan fingerprint density at radius 3 is 2.56 bits per heavy atom. The van der Waals surface area contributed by atoms with Crippen molar-refractivity contribution in [1.29, 1.82) is 0 Å². The summed E-state index contributed by atoms with van der Waals surface area (Å²) >= 11 is 1.71. The quantitative estimate of drug-likeness (QED) is 0.327. The van der Waals surface area contributed by atoms with Gasteiger partial charge < -0.3 is 15.4 Å². The molecular weight excluding hydrogens is 471 g/mol. The molecule has 0 aliphatic rings. The van der Waals surface area contributed by atoms with E-state index in [2.05, 4.69) is 48.7 Å². The summed E-state index contributed by atoms with van der Waals surface area (Å²) in [5.41, 5.74) is 2.21. The molecule has 2 aromatic rings. The number of benzene rings is 1. The highest BCUT2D eigenvalue weighted by Gasteiger charge is 2.17. The molecule has 1 aromatic carbocycles. The molecule has 0 amide bonds. The molecule has 0 atom stereocenters. The van der Waals surface area contributed by atoms with Crippen LogP contribution in [0.3, 0.4) is 0 Å². The van der Waals surface area contributed by atoms with Crippen LogP contribution in [0.2, 0.25) is 0 Å². The van der Waals surface area contributed by atoms with E-state index in [1.165, 1.54) is 0 Å². The molecule has 2 N–H and O–H groups in total. The third kappa shape index (κ3) is 7.65. The molecular formula is C20H31IN4OS. The molecule has 150 valence electrons. The van der Waals surface area contributed by atoms with Crippen molar-refractivity contribution in [3.63, 3.8) is 0 Å². The van der Waals surface area contributed by atoms with Crippen molar-refractivity contribution in [1.82, 2.24) is 15.6 Å². The summed E-state index contributed by atoms with van der Waals surface area (Å²) in [6.45, 7) is 13.3. The summed E-state index contributed by atoms with van der Waals surface area (Å²) in [6, 6.07) is 8.03. The van der Waals surface area contributed by atoms with Gasteiger partial charge in [-0.05, 0) is 19.9 Å². The lowest BCUT2D eigenvalue weighted by Crippen LogP contribution is -2.36. The SMILES string of the molecule is CCNC(=NCc1ccccc1OCC)NCc1csc(C(C)(C)C)n1.I. The second-order valence-corrected chi connectivity index (χ2v) is 7.84. The Balaban J connectivity index is 0.00000364. The third-order valence-corrected chi connectivity index (χ3v) is 4.97. The van der Waals surface area contributed by atoms with Gasteiger partial charge in [-0.1, -0.05) is 39.0 Å². The standard InChI is InChI=1S/C20H30N4OS.HI/c1-6-21-19(22-12-15-10-8-9-11-17(15)25-7-2)23-13-16-14-26-18(24-16)20(3,4)5;/h8-11,14H,6-7,12-13H2,1-5H3,(H2,21,22,23);1H. The minimum atomic E-state index is 0. The van der Waals surface area contributed by atoms with E-state index in [1.807, 2.05) is 31.2 Å². The number of ether oxygens (including phenoxy) is 1. The topological polar surface area (TPSA) is 58.5 Å². The van der Waals surface area contributed by atoms with Crippen molar-refractivity contribution < 1.29 is 4.74 Å². The summed E-state index contributed by atoms with van der Waals surface area (Å²) < 4.78 is 5.67. The van der Waals surface area contributed by atoms with Gasteiger partial charge in [-0.2, -0.15) is 0 Å². The lowest BCUT2D eigenvalue weighted by Gasteiger charge is -2.14. The van der Waals surface area contributed by atoms with Crippen LogP contribution in [0.1, 0.15) is 50.9 Å². The van der Waals surface area contributed by atoms with E-state index in [-0.39, 0.29) is 29.4 Å². The van der Waals surface area contributed by atoms with Crippen LogP contribution in [0.15, 0.2) is 34.6 Å². The number of aliphatic imine (C=N–C) groups is 1. The largest absolute Gasteiger partial charge is 0.494 e. The van der Waals surface area contributed by atoms with E-state index in [0.29, 0.717) is 19.7 Å². The van der Waals surface area contributed by atoms with Gasteiger partial charge in [-0.15, -0.1) is 35.3 Å². The average molecular weight is 502 g/mol. The molecule has 0 fully saturated rings. The second kappa shape index (κ2) is 11.5. The van der Waals surface area contributed by atoms with Crippen LogP contribution in [0.25, 0.3) is 0 Å². The minimum Gasteiger partial charge on any atom is -0.494 e. The Morgan fingerprint density at radius 1 is 1.19 bits per heavy atom. The lowest BCUT2D eigenvalue weighted by molar-refractivity contribution is 0.336. The van der Waals surface area contributed by atoms with Crippen LogP contribution >= 0.6 is 35.3 Å². The first-order chi connectivity index (χ1) is 12.4. The zero-order chi connectivity index (χ0) is 19.0. The molecule has 2 rings (SSSR count). The van der Waals surface area contributed by atoms with Crippen LogP contribution in [0.4, 0.5) is 0 Å². The lowest BCUT2D eigenvalue weighted by atomic mass is 9.98. The summed E-state index contributed by atoms with van der Waals surface area (Å²) in [5.74, 6) is 1.67. The molecule has 1 aromatic heterocycles. The van der Waals surface area contributed by atoms with Crippen molar-refractivity contribution in [2.24, 2.45) is 4.99 Å². The van der Waals surface area contributed by atoms with E-state index in [4.69, 9.17) is 9.72 Å². The molecule has 0 unspecified atom stereocenters. The second-order valence-electron chi connectivity index (χ2n) is 6.98. The molecule has 5 nitrogen and oxygen atoms in total. The third-order valence-electron chi connectivity index (χ3n) is 3.65. The van der Waals surface area contributed by atoms with Gasteiger partial charge in [0.1, 0.15) is 5.75 Å². The molecule has 0 saturated carbocycles. The van der Waals surface area contributed by atoms with Gasteiger partial charge in [0.15, 0.2) is 5.96 Å². The molecule has 0 bridgehead atoms. The van der Waals surface area contributed by atoms with Crippen molar-refractivity contribution in [2.75, 3.05) is 13.2 Å². The maximum Gasteiger partial charge on any atom is 0.191 e. The summed E-state index contributed by atoms with van der Waals surface area (Å²) in [6.07, 6.45) is 0. The van der Waals surface area contributed by atoms with Crippen molar-refractivity contribution in [3.05, 3.63) is 45.9 Å². The smallest absolute Gasteiger partial charge is 0.191 e. The Kier molecular flexibility index (Phi) is 10.1. The first kappa shape index (κ1) is 23.7. The molecule has 0 spiro atoms. The highest BCUT2D eigenvalue weighted by Crippen LogP contribution is 2.25. The van der Waals surface area contributed by atoms with Crippen LogP contribution < -0.4 is 15.4 Å². The number of nitrogens with zero attached hydrogens (tertiary/aromatic N) is 2. The van der Waals surface area contributed by atoms with Crippen LogP contribution in [-0.4, -0.2) is 24.1 Å². The van der Waals surface area contributed by atoms with Crippen LogP contribution in [0, 0.1) is 0 Å². The summed E-state index contributed by atoms with van der Waals surface area (Å²) in [4.78, 5) is 9.41. The predicted molar refractivity (Wildman–Crippen MR) is 125 cm³/mol. The minimum absolute atomic E-state index is 0. The fourth-order valence-electron chi connectivity index (χ4n) is 2.34. The monoisotopic (exact) mass is 502 g/mol. The van der Waals surface area contributed by atoms with Gasteiger partial charge in [-0.25, -0.2) is 9.98 Å². The van der Waals surface area contributed by atoms with E-state index in [9.17, 15) is 0 Å². The number of hydrogen-bond acceptors (Lipinski definition) is 4. The highest BCUT2D eigenvalue weighted by molar-refractivity contribution is 14.0. The maximum absolute atomic E-state index is 5.67. The molecule has 0 aliphatic carbocycles. The maximum atomic E-state index is 5.67. The molecule has 7 heteroatoms. The van der Waals surface area contributed by atoms with Gasteiger partial charge >= 0.3 is 0 Å². The molecule has 27 heavy (non-hydrogen) atoms. The fraction of sp³-hybridized carbons (Fsp3) is 0.500.